The Morgan fingerprint density at radius 2 is 2.00 bits per heavy atom. The summed E-state index contributed by atoms with van der Waals surface area (Å²) in [5.41, 5.74) is 4.91. The Balaban J connectivity index is 3.59. The molecule has 4 N–H and O–H groups in total. The number of hydrogen-bond donors (Lipinski definition) is 3. The molecule has 0 aromatic heterocycles. The normalized spacial score (nSPS) is 15.7. The van der Waals surface area contributed by atoms with E-state index >= 15 is 0 Å². The summed E-state index contributed by atoms with van der Waals surface area (Å²) in [4.78, 5) is 0. The SMILES string of the molecule is CC(C)(N)C(O)CCO. The van der Waals surface area contributed by atoms with E-state index in [-0.39, 0.29) is 6.61 Å². The molecule has 3 nitrogen and oxygen atoms in total. The van der Waals surface area contributed by atoms with Crippen molar-refractivity contribution in [2.45, 2.75) is 31.9 Å². The van der Waals surface area contributed by atoms with Crippen molar-refractivity contribution in [3.63, 3.8) is 0 Å². The minimum Gasteiger partial charge on any atom is -0.396 e. The average Bonchev–Trinajstić information content (AvgIpc) is 1.64. The molecule has 3 heteroatoms. The lowest BCUT2D eigenvalue weighted by molar-refractivity contribution is 0.0757. The molecule has 0 heterocycles. The van der Waals surface area contributed by atoms with Crippen molar-refractivity contribution in [2.75, 3.05) is 6.61 Å². The fourth-order valence-electron chi connectivity index (χ4n) is 0.494. The third kappa shape index (κ3) is 3.46. The van der Waals surface area contributed by atoms with Crippen LogP contribution in [0.3, 0.4) is 0 Å². The van der Waals surface area contributed by atoms with Gasteiger partial charge in [-0.05, 0) is 20.3 Å². The van der Waals surface area contributed by atoms with Crippen LogP contribution in [0, 0.1) is 0 Å². The van der Waals surface area contributed by atoms with Crippen molar-refractivity contribution in [1.82, 2.24) is 0 Å². The van der Waals surface area contributed by atoms with Crippen molar-refractivity contribution < 1.29 is 10.2 Å². The van der Waals surface area contributed by atoms with Crippen LogP contribution in [-0.4, -0.2) is 28.5 Å². The molecule has 0 aromatic carbocycles. The maximum Gasteiger partial charge on any atom is 0.0736 e. The van der Waals surface area contributed by atoms with Gasteiger partial charge in [0, 0.05) is 12.1 Å². The molecular formula is C6H15NO2. The van der Waals surface area contributed by atoms with Crippen molar-refractivity contribution >= 4 is 0 Å². The maximum absolute atomic E-state index is 9.10. The van der Waals surface area contributed by atoms with Crippen LogP contribution in [0.5, 0.6) is 0 Å². The summed E-state index contributed by atoms with van der Waals surface area (Å²) in [6.45, 7) is 3.45. The maximum atomic E-state index is 9.10. The fraction of sp³-hybridized carbons (Fsp3) is 1.00. The Morgan fingerprint density at radius 3 is 2.11 bits per heavy atom. The Morgan fingerprint density at radius 1 is 1.56 bits per heavy atom. The predicted molar refractivity (Wildman–Crippen MR) is 36.0 cm³/mol. The zero-order valence-electron chi connectivity index (χ0n) is 5.96. The molecule has 0 saturated heterocycles. The topological polar surface area (TPSA) is 66.5 Å². The van der Waals surface area contributed by atoms with Gasteiger partial charge in [0.1, 0.15) is 0 Å². The van der Waals surface area contributed by atoms with Crippen LogP contribution in [0.4, 0.5) is 0 Å². The van der Waals surface area contributed by atoms with Crippen molar-refractivity contribution in [2.24, 2.45) is 5.73 Å². The van der Waals surface area contributed by atoms with Crippen molar-refractivity contribution in [1.29, 1.82) is 0 Å². The molecule has 0 radical (unpaired) electrons. The first-order chi connectivity index (χ1) is 3.98. The standard InChI is InChI=1S/C6H15NO2/c1-6(2,7)5(9)3-4-8/h5,8-9H,3-4,7H2,1-2H3. The van der Waals surface area contributed by atoms with Gasteiger partial charge < -0.3 is 15.9 Å². The lowest BCUT2D eigenvalue weighted by atomic mass is 9.97. The summed E-state index contributed by atoms with van der Waals surface area (Å²) in [5.74, 6) is 0. The minimum absolute atomic E-state index is 0.0121. The molecule has 0 spiro atoms. The van der Waals surface area contributed by atoms with E-state index in [2.05, 4.69) is 0 Å². The van der Waals surface area contributed by atoms with E-state index in [4.69, 9.17) is 15.9 Å². The van der Waals surface area contributed by atoms with E-state index in [0.717, 1.165) is 0 Å². The van der Waals surface area contributed by atoms with Crippen LogP contribution in [0.25, 0.3) is 0 Å². The molecule has 0 aliphatic carbocycles. The molecule has 0 aliphatic rings. The summed E-state index contributed by atoms with van der Waals surface area (Å²) in [6.07, 6.45) is -0.258. The Kier molecular flexibility index (Phi) is 3.11. The summed E-state index contributed by atoms with van der Waals surface area (Å²) in [5, 5.41) is 17.5. The zero-order chi connectivity index (χ0) is 7.49. The van der Waals surface area contributed by atoms with Crippen LogP contribution in [0.15, 0.2) is 0 Å². The highest BCUT2D eigenvalue weighted by Gasteiger charge is 2.21. The number of hydrogen-bond acceptors (Lipinski definition) is 3. The second-order valence-corrected chi connectivity index (χ2v) is 2.85. The van der Waals surface area contributed by atoms with Gasteiger partial charge in [-0.25, -0.2) is 0 Å². The molecule has 0 fully saturated rings. The predicted octanol–water partition coefficient (Wildman–Crippen LogP) is -0.533. The monoisotopic (exact) mass is 133 g/mol. The second-order valence-electron chi connectivity index (χ2n) is 2.85. The van der Waals surface area contributed by atoms with Gasteiger partial charge in [0.05, 0.1) is 6.10 Å². The minimum atomic E-state index is -0.609. The van der Waals surface area contributed by atoms with Crippen molar-refractivity contribution in [3.05, 3.63) is 0 Å². The van der Waals surface area contributed by atoms with E-state index in [9.17, 15) is 0 Å². The van der Waals surface area contributed by atoms with E-state index in [1.807, 2.05) is 0 Å². The van der Waals surface area contributed by atoms with Crippen LogP contribution in [0.1, 0.15) is 20.3 Å². The van der Waals surface area contributed by atoms with Gasteiger partial charge in [0.2, 0.25) is 0 Å². The highest BCUT2D eigenvalue weighted by Crippen LogP contribution is 2.07. The largest absolute Gasteiger partial charge is 0.396 e. The fourth-order valence-corrected chi connectivity index (χ4v) is 0.494. The van der Waals surface area contributed by atoms with Gasteiger partial charge in [-0.3, -0.25) is 0 Å². The summed E-state index contributed by atoms with van der Waals surface area (Å²) < 4.78 is 0. The van der Waals surface area contributed by atoms with E-state index in [1.54, 1.807) is 13.8 Å². The highest BCUT2D eigenvalue weighted by atomic mass is 16.3. The van der Waals surface area contributed by atoms with Gasteiger partial charge in [-0.2, -0.15) is 0 Å². The Bertz CT molecular complexity index is 77.6. The number of aliphatic hydroxyl groups excluding tert-OH is 2. The van der Waals surface area contributed by atoms with E-state index < -0.39 is 11.6 Å². The molecule has 0 rings (SSSR count). The quantitative estimate of drug-likeness (QED) is 0.484. The average molecular weight is 133 g/mol. The lowest BCUT2D eigenvalue weighted by Gasteiger charge is -2.24. The molecule has 0 saturated carbocycles. The number of nitrogens with two attached hydrogens (primary N) is 1. The molecule has 0 aliphatic heterocycles. The Labute approximate surface area is 55.5 Å². The molecule has 1 atom stereocenters. The van der Waals surface area contributed by atoms with Gasteiger partial charge in [-0.1, -0.05) is 0 Å². The first kappa shape index (κ1) is 8.88. The van der Waals surface area contributed by atoms with Crippen LogP contribution in [0.2, 0.25) is 0 Å². The third-order valence-corrected chi connectivity index (χ3v) is 1.26. The van der Waals surface area contributed by atoms with Gasteiger partial charge in [0.15, 0.2) is 0 Å². The summed E-state index contributed by atoms with van der Waals surface area (Å²) in [7, 11) is 0. The highest BCUT2D eigenvalue weighted by molar-refractivity contribution is 4.80. The summed E-state index contributed by atoms with van der Waals surface area (Å²) >= 11 is 0. The third-order valence-electron chi connectivity index (χ3n) is 1.26. The molecule has 1 unspecified atom stereocenters. The Hall–Kier alpha value is -0.120. The molecule has 0 aromatic rings. The number of aliphatic hydroxyl groups is 2. The van der Waals surface area contributed by atoms with E-state index in [1.165, 1.54) is 0 Å². The van der Waals surface area contributed by atoms with Crippen LogP contribution < -0.4 is 5.73 Å². The molecule has 0 amide bonds. The number of rotatable bonds is 3. The molecule has 56 valence electrons. The smallest absolute Gasteiger partial charge is 0.0736 e. The van der Waals surface area contributed by atoms with Crippen molar-refractivity contribution in [3.8, 4) is 0 Å². The molecule has 9 heavy (non-hydrogen) atoms. The van der Waals surface area contributed by atoms with Crippen LogP contribution >= 0.6 is 0 Å². The van der Waals surface area contributed by atoms with E-state index in [0.29, 0.717) is 6.42 Å². The second kappa shape index (κ2) is 3.15. The van der Waals surface area contributed by atoms with Gasteiger partial charge in [-0.15, -0.1) is 0 Å². The van der Waals surface area contributed by atoms with Gasteiger partial charge >= 0.3 is 0 Å². The van der Waals surface area contributed by atoms with Crippen LogP contribution in [-0.2, 0) is 0 Å². The first-order valence-corrected chi connectivity index (χ1v) is 3.06. The molecule has 0 bridgehead atoms. The summed E-state index contributed by atoms with van der Waals surface area (Å²) in [6, 6.07) is 0. The lowest BCUT2D eigenvalue weighted by Crippen LogP contribution is -2.45. The zero-order valence-corrected chi connectivity index (χ0v) is 5.96. The first-order valence-electron chi connectivity index (χ1n) is 3.06. The van der Waals surface area contributed by atoms with Gasteiger partial charge in [0.25, 0.3) is 0 Å². The molecular weight excluding hydrogens is 118 g/mol.